The molecule has 2 aromatic rings. The predicted octanol–water partition coefficient (Wildman–Crippen LogP) is 2.26. The minimum Gasteiger partial charge on any atom is -0.494 e. The second-order valence-electron chi connectivity index (χ2n) is 7.53. The number of benzene rings is 1. The number of amides is 2. The molecule has 0 spiro atoms. The fourth-order valence-electron chi connectivity index (χ4n) is 4.46. The summed E-state index contributed by atoms with van der Waals surface area (Å²) < 4.78 is 19.3. The quantitative estimate of drug-likeness (QED) is 0.805. The third-order valence-electron chi connectivity index (χ3n) is 5.79. The standard InChI is InChI=1S/C21H23FN4O3/c1-29-17-4-2-3-16(19(17)22)21(28)25-13-9-14-6-7-15(10-13)26(14)18-8-5-12(11-24-18)20(23)27/h2-5,8,11,13-15H,6-7,9-10H2,1H3,(H2,23,27)(H,25,28)/t13?,14-,15+. The van der Waals surface area contributed by atoms with E-state index in [0.717, 1.165) is 31.5 Å². The summed E-state index contributed by atoms with van der Waals surface area (Å²) in [6.45, 7) is 0. The number of rotatable bonds is 5. The van der Waals surface area contributed by atoms with E-state index in [4.69, 9.17) is 10.5 Å². The van der Waals surface area contributed by atoms with E-state index in [1.165, 1.54) is 25.4 Å². The van der Waals surface area contributed by atoms with Crippen molar-refractivity contribution in [2.24, 2.45) is 5.73 Å². The van der Waals surface area contributed by atoms with E-state index in [0.29, 0.717) is 5.56 Å². The number of nitrogens with one attached hydrogen (secondary N) is 1. The first-order valence-corrected chi connectivity index (χ1v) is 9.65. The molecule has 0 saturated carbocycles. The van der Waals surface area contributed by atoms with Crippen molar-refractivity contribution < 1.29 is 18.7 Å². The minimum atomic E-state index is -0.647. The maximum absolute atomic E-state index is 14.4. The van der Waals surface area contributed by atoms with Gasteiger partial charge in [0.15, 0.2) is 11.6 Å². The van der Waals surface area contributed by atoms with Gasteiger partial charge in [-0.2, -0.15) is 0 Å². The Morgan fingerprint density at radius 1 is 1.21 bits per heavy atom. The van der Waals surface area contributed by atoms with Crippen LogP contribution in [-0.4, -0.2) is 42.0 Å². The van der Waals surface area contributed by atoms with Crippen LogP contribution >= 0.6 is 0 Å². The topological polar surface area (TPSA) is 97.5 Å². The van der Waals surface area contributed by atoms with Gasteiger partial charge in [-0.15, -0.1) is 0 Å². The van der Waals surface area contributed by atoms with Crippen LogP contribution in [0.3, 0.4) is 0 Å². The minimum absolute atomic E-state index is 0.0113. The highest BCUT2D eigenvalue weighted by Crippen LogP contribution is 2.38. The van der Waals surface area contributed by atoms with Crippen LogP contribution in [0.25, 0.3) is 0 Å². The molecule has 3 atom stereocenters. The van der Waals surface area contributed by atoms with Gasteiger partial charge in [-0.3, -0.25) is 9.59 Å². The molecule has 3 heterocycles. The molecular formula is C21H23FN4O3. The number of ether oxygens (including phenoxy) is 1. The average molecular weight is 398 g/mol. The zero-order chi connectivity index (χ0) is 20.5. The molecule has 7 nitrogen and oxygen atoms in total. The van der Waals surface area contributed by atoms with Crippen molar-refractivity contribution in [3.8, 4) is 5.75 Å². The number of nitrogens with two attached hydrogens (primary N) is 1. The highest BCUT2D eigenvalue weighted by molar-refractivity contribution is 5.95. The molecule has 2 fully saturated rings. The molecule has 2 amide bonds. The van der Waals surface area contributed by atoms with Crippen LogP contribution < -0.4 is 20.7 Å². The van der Waals surface area contributed by atoms with Crippen molar-refractivity contribution in [1.29, 1.82) is 0 Å². The number of methoxy groups -OCH3 is 1. The largest absolute Gasteiger partial charge is 0.494 e. The molecule has 2 saturated heterocycles. The molecule has 2 aliphatic rings. The highest BCUT2D eigenvalue weighted by Gasteiger charge is 2.42. The monoisotopic (exact) mass is 398 g/mol. The number of hydrogen-bond acceptors (Lipinski definition) is 5. The van der Waals surface area contributed by atoms with Gasteiger partial charge in [0.2, 0.25) is 5.91 Å². The van der Waals surface area contributed by atoms with Gasteiger partial charge in [0.05, 0.1) is 18.2 Å². The molecule has 1 aromatic carbocycles. The van der Waals surface area contributed by atoms with E-state index in [-0.39, 0.29) is 29.4 Å². The normalized spacial score (nSPS) is 23.0. The van der Waals surface area contributed by atoms with Crippen molar-refractivity contribution >= 4 is 17.6 Å². The summed E-state index contributed by atoms with van der Waals surface area (Å²) in [5, 5.41) is 2.98. The molecular weight excluding hydrogens is 375 g/mol. The van der Waals surface area contributed by atoms with Gasteiger partial charge in [-0.25, -0.2) is 9.37 Å². The smallest absolute Gasteiger partial charge is 0.254 e. The fraction of sp³-hybridized carbons (Fsp3) is 0.381. The van der Waals surface area contributed by atoms with E-state index in [9.17, 15) is 14.0 Å². The number of hydrogen-bond donors (Lipinski definition) is 2. The first-order chi connectivity index (χ1) is 14.0. The van der Waals surface area contributed by atoms with Crippen LogP contribution in [0.4, 0.5) is 10.2 Å². The first kappa shape index (κ1) is 19.2. The number of piperidine rings is 1. The van der Waals surface area contributed by atoms with Crippen LogP contribution in [0.2, 0.25) is 0 Å². The number of halogens is 1. The zero-order valence-electron chi connectivity index (χ0n) is 16.1. The number of aromatic nitrogens is 1. The van der Waals surface area contributed by atoms with E-state index in [1.54, 1.807) is 12.1 Å². The molecule has 0 aliphatic carbocycles. The number of carbonyl (C=O) groups is 2. The average Bonchev–Trinajstić information content (AvgIpc) is 2.98. The summed E-state index contributed by atoms with van der Waals surface area (Å²) in [6.07, 6.45) is 5.02. The summed E-state index contributed by atoms with van der Waals surface area (Å²) in [5.74, 6) is -0.711. The molecule has 152 valence electrons. The zero-order valence-corrected chi connectivity index (χ0v) is 16.1. The van der Waals surface area contributed by atoms with E-state index in [2.05, 4.69) is 15.2 Å². The maximum Gasteiger partial charge on any atom is 0.254 e. The number of primary amides is 1. The van der Waals surface area contributed by atoms with E-state index >= 15 is 0 Å². The SMILES string of the molecule is COc1cccc(C(=O)NC2C[C@H]3CC[C@@H](C2)N3c2ccc(C(N)=O)cn2)c1F. The Bertz CT molecular complexity index is 920. The lowest BCUT2D eigenvalue weighted by Crippen LogP contribution is -2.50. The van der Waals surface area contributed by atoms with Crippen LogP contribution in [0.15, 0.2) is 36.5 Å². The summed E-state index contributed by atoms with van der Waals surface area (Å²) in [5.41, 5.74) is 5.65. The Morgan fingerprint density at radius 3 is 2.52 bits per heavy atom. The van der Waals surface area contributed by atoms with Gasteiger partial charge in [0, 0.05) is 24.3 Å². The van der Waals surface area contributed by atoms with Gasteiger partial charge < -0.3 is 20.7 Å². The third kappa shape index (κ3) is 3.62. The lowest BCUT2D eigenvalue weighted by atomic mass is 9.96. The van der Waals surface area contributed by atoms with Crippen LogP contribution in [-0.2, 0) is 0 Å². The Morgan fingerprint density at radius 2 is 1.93 bits per heavy atom. The number of anilines is 1. The molecule has 1 aromatic heterocycles. The van der Waals surface area contributed by atoms with Crippen molar-refractivity contribution in [3.63, 3.8) is 0 Å². The number of carbonyl (C=O) groups excluding carboxylic acids is 2. The molecule has 4 rings (SSSR count). The van der Waals surface area contributed by atoms with Gasteiger partial charge in [0.1, 0.15) is 5.82 Å². The third-order valence-corrected chi connectivity index (χ3v) is 5.79. The van der Waals surface area contributed by atoms with E-state index in [1.807, 2.05) is 6.07 Å². The van der Waals surface area contributed by atoms with Crippen LogP contribution in [0, 0.1) is 5.82 Å². The van der Waals surface area contributed by atoms with Gasteiger partial charge in [-0.05, 0) is 49.9 Å². The predicted molar refractivity (Wildman–Crippen MR) is 105 cm³/mol. The summed E-state index contributed by atoms with van der Waals surface area (Å²) in [6, 6.07) is 8.49. The molecule has 8 heteroatoms. The molecule has 2 bridgehead atoms. The number of fused-ring (bicyclic) bond motifs is 2. The van der Waals surface area contributed by atoms with Crippen LogP contribution in [0.5, 0.6) is 5.75 Å². The molecule has 1 unspecified atom stereocenters. The fourth-order valence-corrected chi connectivity index (χ4v) is 4.46. The highest BCUT2D eigenvalue weighted by atomic mass is 19.1. The second kappa shape index (κ2) is 7.69. The summed E-state index contributed by atoms with van der Waals surface area (Å²) in [7, 11) is 1.37. The van der Waals surface area contributed by atoms with Crippen molar-refractivity contribution in [3.05, 3.63) is 53.5 Å². The summed E-state index contributed by atoms with van der Waals surface area (Å²) >= 11 is 0. The Balaban J connectivity index is 1.45. The molecule has 3 N–H and O–H groups in total. The Kier molecular flexibility index (Phi) is 5.08. The molecule has 29 heavy (non-hydrogen) atoms. The van der Waals surface area contributed by atoms with Crippen LogP contribution in [0.1, 0.15) is 46.4 Å². The summed E-state index contributed by atoms with van der Waals surface area (Å²) in [4.78, 5) is 30.5. The van der Waals surface area contributed by atoms with Gasteiger partial charge in [0.25, 0.3) is 5.91 Å². The second-order valence-corrected chi connectivity index (χ2v) is 7.53. The lowest BCUT2D eigenvalue weighted by molar-refractivity contribution is 0.0921. The number of pyridine rings is 1. The first-order valence-electron chi connectivity index (χ1n) is 9.65. The molecule has 0 radical (unpaired) electrons. The number of nitrogens with zero attached hydrogens (tertiary/aromatic N) is 2. The van der Waals surface area contributed by atoms with Gasteiger partial charge in [-0.1, -0.05) is 6.07 Å². The van der Waals surface area contributed by atoms with Gasteiger partial charge >= 0.3 is 0 Å². The van der Waals surface area contributed by atoms with Crippen molar-refractivity contribution in [2.75, 3.05) is 12.0 Å². The Hall–Kier alpha value is -3.16. The van der Waals surface area contributed by atoms with Crippen molar-refractivity contribution in [1.82, 2.24) is 10.3 Å². The van der Waals surface area contributed by atoms with E-state index < -0.39 is 17.6 Å². The lowest BCUT2D eigenvalue weighted by Gasteiger charge is -2.40. The maximum atomic E-state index is 14.4. The Labute approximate surface area is 168 Å². The molecule has 2 aliphatic heterocycles. The van der Waals surface area contributed by atoms with Crippen molar-refractivity contribution in [2.45, 2.75) is 43.8 Å².